The quantitative estimate of drug-likeness (QED) is 0.680. The molecule has 0 saturated carbocycles. The topological polar surface area (TPSA) is 30.5 Å². The van der Waals surface area contributed by atoms with Crippen LogP contribution in [0.25, 0.3) is 0 Å². The molecule has 2 N–H and O–H groups in total. The monoisotopic (exact) mass is 210 g/mol. The molecule has 4 rings (SSSR count). The minimum Gasteiger partial charge on any atom is -0.343 e. The smallest absolute Gasteiger partial charge is 0.157 e. The Hall–Kier alpha value is -2.36. The van der Waals surface area contributed by atoms with Crippen molar-refractivity contribution >= 4 is 11.4 Å². The van der Waals surface area contributed by atoms with Gasteiger partial charge >= 0.3 is 0 Å². The molecule has 16 heavy (non-hydrogen) atoms. The molecule has 0 atom stereocenters. The number of benzene rings is 1. The fraction of sp³-hybridized carbons (Fsp3) is 0. The van der Waals surface area contributed by atoms with Crippen molar-refractivity contribution in [1.29, 1.82) is 0 Å². The van der Waals surface area contributed by atoms with E-state index in [0.29, 0.717) is 0 Å². The molecule has 1 aromatic carbocycles. The number of nitrogens with one attached hydrogen (secondary N) is 2. The molecule has 0 aromatic heterocycles. The van der Waals surface area contributed by atoms with Crippen molar-refractivity contribution in [2.24, 2.45) is 0 Å². The van der Waals surface area contributed by atoms with E-state index in [4.69, 9.17) is 0 Å². The number of nitrogens with zero attached hydrogens (tertiary/aromatic N) is 2. The summed E-state index contributed by atoms with van der Waals surface area (Å²) in [5.41, 5.74) is 2.38. The van der Waals surface area contributed by atoms with Crippen LogP contribution < -0.4 is 20.4 Å². The highest BCUT2D eigenvalue weighted by atomic mass is 15.4. The molecule has 3 aliphatic heterocycles. The van der Waals surface area contributed by atoms with Crippen molar-refractivity contribution in [3.05, 3.63) is 60.7 Å². The van der Waals surface area contributed by atoms with Crippen LogP contribution in [-0.4, -0.2) is 0 Å². The van der Waals surface area contributed by atoms with E-state index in [0.717, 1.165) is 11.6 Å². The van der Waals surface area contributed by atoms with Gasteiger partial charge in [0.2, 0.25) is 0 Å². The highest BCUT2D eigenvalue weighted by Gasteiger charge is 2.31. The van der Waals surface area contributed by atoms with Gasteiger partial charge in [-0.25, -0.2) is 0 Å². The molecule has 0 bridgehead atoms. The Bertz CT molecular complexity index is 507. The van der Waals surface area contributed by atoms with Crippen molar-refractivity contribution in [2.45, 2.75) is 0 Å². The van der Waals surface area contributed by atoms with Gasteiger partial charge in [0, 0.05) is 24.8 Å². The molecule has 0 aliphatic carbocycles. The summed E-state index contributed by atoms with van der Waals surface area (Å²) >= 11 is 0. The van der Waals surface area contributed by atoms with Crippen LogP contribution >= 0.6 is 0 Å². The van der Waals surface area contributed by atoms with Crippen molar-refractivity contribution < 1.29 is 0 Å². The summed E-state index contributed by atoms with van der Waals surface area (Å²) in [7, 11) is 0. The summed E-state index contributed by atoms with van der Waals surface area (Å²) in [4.78, 5) is 4.31. The molecule has 0 unspecified atom stereocenters. The van der Waals surface area contributed by atoms with Crippen molar-refractivity contribution in [3.8, 4) is 0 Å². The van der Waals surface area contributed by atoms with E-state index in [1.165, 1.54) is 11.4 Å². The van der Waals surface area contributed by atoms with Crippen LogP contribution in [0, 0.1) is 0 Å². The zero-order valence-corrected chi connectivity index (χ0v) is 8.51. The average Bonchev–Trinajstić information content (AvgIpc) is 2.98. The Morgan fingerprint density at radius 2 is 1.25 bits per heavy atom. The highest BCUT2D eigenvalue weighted by molar-refractivity contribution is 5.82. The number of hydrogen-bond acceptors (Lipinski definition) is 4. The van der Waals surface area contributed by atoms with Gasteiger partial charge in [0.15, 0.2) is 11.6 Å². The minimum absolute atomic E-state index is 1.07. The Morgan fingerprint density at radius 1 is 0.750 bits per heavy atom. The first kappa shape index (κ1) is 7.87. The minimum atomic E-state index is 1.07. The predicted octanol–water partition coefficient (Wildman–Crippen LogP) is 1.59. The number of hydrogen-bond donors (Lipinski definition) is 2. The molecule has 78 valence electrons. The summed E-state index contributed by atoms with van der Waals surface area (Å²) in [5.74, 6) is 2.15. The summed E-state index contributed by atoms with van der Waals surface area (Å²) in [5, 5.41) is 6.50. The molecule has 3 heterocycles. The SMILES string of the molecule is C1=CN2C(=C3NC=CN3c3ccccc32)N1. The van der Waals surface area contributed by atoms with Gasteiger partial charge in [-0.2, -0.15) is 0 Å². The summed E-state index contributed by atoms with van der Waals surface area (Å²) in [6, 6.07) is 8.35. The van der Waals surface area contributed by atoms with Gasteiger partial charge < -0.3 is 10.6 Å². The standard InChI is InChI=1S/C12H10N4/c1-2-4-10-9(3-1)15-7-5-13-11(15)12-14-6-8-16(10)12/h1-8,13-14H. The third kappa shape index (κ3) is 0.798. The number of anilines is 2. The maximum atomic E-state index is 3.25. The summed E-state index contributed by atoms with van der Waals surface area (Å²) < 4.78 is 0. The van der Waals surface area contributed by atoms with Gasteiger partial charge in [-0.15, -0.1) is 0 Å². The largest absolute Gasteiger partial charge is 0.343 e. The van der Waals surface area contributed by atoms with Crippen LogP contribution in [0.1, 0.15) is 0 Å². The van der Waals surface area contributed by atoms with Gasteiger partial charge in [0.1, 0.15) is 0 Å². The second-order valence-corrected chi connectivity index (χ2v) is 3.85. The van der Waals surface area contributed by atoms with Gasteiger partial charge in [0.05, 0.1) is 11.4 Å². The average molecular weight is 210 g/mol. The lowest BCUT2D eigenvalue weighted by Crippen LogP contribution is -2.34. The predicted molar refractivity (Wildman–Crippen MR) is 63.0 cm³/mol. The van der Waals surface area contributed by atoms with E-state index in [1.807, 2.05) is 24.8 Å². The van der Waals surface area contributed by atoms with Gasteiger partial charge in [-0.3, -0.25) is 9.80 Å². The molecule has 0 amide bonds. The third-order valence-corrected chi connectivity index (χ3v) is 2.99. The molecule has 4 nitrogen and oxygen atoms in total. The highest BCUT2D eigenvalue weighted by Crippen LogP contribution is 2.40. The van der Waals surface area contributed by atoms with Gasteiger partial charge in [0.25, 0.3) is 0 Å². The Kier molecular flexibility index (Phi) is 1.28. The van der Waals surface area contributed by atoms with Crippen molar-refractivity contribution in [3.63, 3.8) is 0 Å². The van der Waals surface area contributed by atoms with E-state index in [-0.39, 0.29) is 0 Å². The molecule has 4 heteroatoms. The second-order valence-electron chi connectivity index (χ2n) is 3.85. The number of fused-ring (bicyclic) bond motifs is 5. The third-order valence-electron chi connectivity index (χ3n) is 2.99. The van der Waals surface area contributed by atoms with E-state index >= 15 is 0 Å². The zero-order valence-electron chi connectivity index (χ0n) is 8.51. The van der Waals surface area contributed by atoms with Crippen molar-refractivity contribution in [2.75, 3.05) is 9.80 Å². The Morgan fingerprint density at radius 3 is 1.75 bits per heavy atom. The molecule has 3 aliphatic rings. The first-order valence-corrected chi connectivity index (χ1v) is 5.23. The first-order valence-electron chi connectivity index (χ1n) is 5.23. The molecule has 0 spiro atoms. The zero-order chi connectivity index (χ0) is 10.5. The van der Waals surface area contributed by atoms with E-state index in [1.54, 1.807) is 0 Å². The maximum absolute atomic E-state index is 3.25. The summed E-state index contributed by atoms with van der Waals surface area (Å²) in [6.07, 6.45) is 7.97. The normalized spacial score (nSPS) is 19.2. The van der Waals surface area contributed by atoms with E-state index in [9.17, 15) is 0 Å². The number of rotatable bonds is 0. The lowest BCUT2D eigenvalue weighted by atomic mass is 10.2. The lowest BCUT2D eigenvalue weighted by molar-refractivity contribution is 0.896. The second kappa shape index (κ2) is 2.61. The van der Waals surface area contributed by atoms with Gasteiger partial charge in [-0.05, 0) is 12.1 Å². The van der Waals surface area contributed by atoms with Crippen LogP contribution in [0.3, 0.4) is 0 Å². The maximum Gasteiger partial charge on any atom is 0.157 e. The summed E-state index contributed by atoms with van der Waals surface area (Å²) in [6.45, 7) is 0. The molecule has 0 saturated heterocycles. The van der Waals surface area contributed by atoms with E-state index in [2.05, 4.69) is 44.7 Å². The molecule has 0 radical (unpaired) electrons. The van der Waals surface area contributed by atoms with Crippen LogP contribution in [0.5, 0.6) is 0 Å². The van der Waals surface area contributed by atoms with Crippen LogP contribution in [0.4, 0.5) is 11.4 Å². The van der Waals surface area contributed by atoms with Crippen LogP contribution in [0.2, 0.25) is 0 Å². The van der Waals surface area contributed by atoms with Gasteiger partial charge in [-0.1, -0.05) is 12.1 Å². The first-order chi connectivity index (χ1) is 7.95. The molecular formula is C12H10N4. The Balaban J connectivity index is 2.01. The Labute approximate surface area is 93.2 Å². The number of para-hydroxylation sites is 2. The van der Waals surface area contributed by atoms with Crippen LogP contribution in [0.15, 0.2) is 60.7 Å². The molecule has 1 aromatic rings. The van der Waals surface area contributed by atoms with Crippen molar-refractivity contribution in [1.82, 2.24) is 10.6 Å². The lowest BCUT2D eigenvalue weighted by Gasteiger charge is -2.33. The fourth-order valence-corrected chi connectivity index (χ4v) is 2.31. The fourth-order valence-electron chi connectivity index (χ4n) is 2.31. The molecular weight excluding hydrogens is 200 g/mol. The van der Waals surface area contributed by atoms with Crippen LogP contribution in [-0.2, 0) is 0 Å². The molecule has 0 fully saturated rings. The van der Waals surface area contributed by atoms with E-state index < -0.39 is 0 Å².